The van der Waals surface area contributed by atoms with Crippen molar-refractivity contribution in [1.29, 1.82) is 0 Å². The SMILES string of the molecule is CCC(O)COC(C)(C)CC(C)OC(C)(C)CCO. The molecule has 0 aliphatic carbocycles. The van der Waals surface area contributed by atoms with E-state index in [0.717, 1.165) is 6.42 Å². The van der Waals surface area contributed by atoms with Gasteiger partial charge in [-0.1, -0.05) is 6.92 Å². The molecule has 0 radical (unpaired) electrons. The van der Waals surface area contributed by atoms with E-state index in [-0.39, 0.29) is 23.9 Å². The van der Waals surface area contributed by atoms with Crippen LogP contribution in [0, 0.1) is 0 Å². The van der Waals surface area contributed by atoms with Gasteiger partial charge < -0.3 is 19.7 Å². The highest BCUT2D eigenvalue weighted by Crippen LogP contribution is 2.24. The van der Waals surface area contributed by atoms with Crippen molar-refractivity contribution in [2.24, 2.45) is 0 Å². The zero-order valence-corrected chi connectivity index (χ0v) is 13.4. The fourth-order valence-corrected chi connectivity index (χ4v) is 2.11. The van der Waals surface area contributed by atoms with Gasteiger partial charge >= 0.3 is 0 Å². The lowest BCUT2D eigenvalue weighted by Gasteiger charge is -2.34. The molecule has 0 aromatic heterocycles. The molecule has 116 valence electrons. The summed E-state index contributed by atoms with van der Waals surface area (Å²) in [5.41, 5.74) is -0.655. The molecule has 0 aromatic rings. The highest BCUT2D eigenvalue weighted by atomic mass is 16.5. The zero-order chi connectivity index (χ0) is 15.1. The van der Waals surface area contributed by atoms with Crippen LogP contribution >= 0.6 is 0 Å². The van der Waals surface area contributed by atoms with Crippen LogP contribution < -0.4 is 0 Å². The van der Waals surface area contributed by atoms with Gasteiger partial charge in [-0.25, -0.2) is 0 Å². The van der Waals surface area contributed by atoms with E-state index in [1.165, 1.54) is 0 Å². The Bertz CT molecular complexity index is 238. The number of ether oxygens (including phenoxy) is 2. The first-order valence-electron chi connectivity index (χ1n) is 7.22. The van der Waals surface area contributed by atoms with Gasteiger partial charge in [0.1, 0.15) is 0 Å². The average molecular weight is 276 g/mol. The molecule has 0 aromatic carbocycles. The summed E-state index contributed by atoms with van der Waals surface area (Å²) in [4.78, 5) is 0. The fourth-order valence-electron chi connectivity index (χ4n) is 2.11. The lowest BCUT2D eigenvalue weighted by atomic mass is 9.99. The molecule has 4 nitrogen and oxygen atoms in total. The number of aliphatic hydroxyl groups is 2. The van der Waals surface area contributed by atoms with Crippen LogP contribution in [0.15, 0.2) is 0 Å². The third-order valence-corrected chi connectivity index (χ3v) is 3.15. The van der Waals surface area contributed by atoms with Crippen LogP contribution in [-0.4, -0.2) is 46.8 Å². The van der Waals surface area contributed by atoms with Crippen molar-refractivity contribution >= 4 is 0 Å². The van der Waals surface area contributed by atoms with E-state index in [1.807, 2.05) is 41.5 Å². The van der Waals surface area contributed by atoms with Gasteiger partial charge in [-0.3, -0.25) is 0 Å². The minimum absolute atomic E-state index is 0.0373. The molecule has 0 amide bonds. The Kier molecular flexibility index (Phi) is 8.13. The molecular formula is C15H32O4. The topological polar surface area (TPSA) is 58.9 Å². The van der Waals surface area contributed by atoms with Gasteiger partial charge in [0.25, 0.3) is 0 Å². The van der Waals surface area contributed by atoms with E-state index in [0.29, 0.717) is 19.4 Å². The molecule has 2 unspecified atom stereocenters. The summed E-state index contributed by atoms with van der Waals surface area (Å²) in [5, 5.41) is 18.5. The van der Waals surface area contributed by atoms with Gasteiger partial charge in [-0.15, -0.1) is 0 Å². The maximum absolute atomic E-state index is 9.53. The predicted octanol–water partition coefficient (Wildman–Crippen LogP) is 2.51. The summed E-state index contributed by atoms with van der Waals surface area (Å²) < 4.78 is 11.7. The molecule has 0 aliphatic rings. The molecule has 0 rings (SSSR count). The summed E-state index contributed by atoms with van der Waals surface area (Å²) in [6, 6.07) is 0. The Morgan fingerprint density at radius 1 is 1.11 bits per heavy atom. The smallest absolute Gasteiger partial charge is 0.0771 e. The van der Waals surface area contributed by atoms with E-state index in [2.05, 4.69) is 0 Å². The molecule has 2 N–H and O–H groups in total. The van der Waals surface area contributed by atoms with Crippen LogP contribution in [0.4, 0.5) is 0 Å². The second kappa shape index (κ2) is 8.20. The Balaban J connectivity index is 4.18. The largest absolute Gasteiger partial charge is 0.396 e. The Morgan fingerprint density at radius 3 is 2.16 bits per heavy atom. The minimum atomic E-state index is -0.402. The minimum Gasteiger partial charge on any atom is -0.396 e. The lowest BCUT2D eigenvalue weighted by Crippen LogP contribution is -2.37. The molecule has 0 saturated carbocycles. The fraction of sp³-hybridized carbons (Fsp3) is 1.00. The summed E-state index contributed by atoms with van der Waals surface area (Å²) in [7, 11) is 0. The van der Waals surface area contributed by atoms with E-state index < -0.39 is 6.10 Å². The van der Waals surface area contributed by atoms with Gasteiger partial charge in [-0.2, -0.15) is 0 Å². The Hall–Kier alpha value is -0.160. The second-order valence-electron chi connectivity index (χ2n) is 6.50. The third kappa shape index (κ3) is 9.38. The summed E-state index contributed by atoms with van der Waals surface area (Å²) in [6.07, 6.45) is 1.70. The third-order valence-electron chi connectivity index (χ3n) is 3.15. The van der Waals surface area contributed by atoms with E-state index in [4.69, 9.17) is 14.6 Å². The van der Waals surface area contributed by atoms with Crippen molar-refractivity contribution in [3.8, 4) is 0 Å². The number of hydrogen-bond donors (Lipinski definition) is 2. The molecular weight excluding hydrogens is 244 g/mol. The van der Waals surface area contributed by atoms with Crippen molar-refractivity contribution in [2.45, 2.75) is 84.2 Å². The Labute approximate surface area is 118 Å². The molecule has 0 spiro atoms. The Morgan fingerprint density at radius 2 is 1.68 bits per heavy atom. The highest BCUT2D eigenvalue weighted by Gasteiger charge is 2.27. The molecule has 2 atom stereocenters. The summed E-state index contributed by atoms with van der Waals surface area (Å²) in [5.74, 6) is 0. The van der Waals surface area contributed by atoms with E-state index >= 15 is 0 Å². The molecule has 19 heavy (non-hydrogen) atoms. The van der Waals surface area contributed by atoms with Crippen LogP contribution in [0.2, 0.25) is 0 Å². The van der Waals surface area contributed by atoms with Gasteiger partial charge in [0.15, 0.2) is 0 Å². The van der Waals surface area contributed by atoms with Crippen LogP contribution in [0.25, 0.3) is 0 Å². The van der Waals surface area contributed by atoms with Gasteiger partial charge in [0, 0.05) is 13.0 Å². The standard InChI is InChI=1S/C15H32O4/c1-7-13(17)11-18-15(5,6)10-12(2)19-14(3,4)8-9-16/h12-13,16-17H,7-11H2,1-6H3. The molecule has 0 fully saturated rings. The van der Waals surface area contributed by atoms with Crippen LogP contribution in [0.3, 0.4) is 0 Å². The maximum Gasteiger partial charge on any atom is 0.0771 e. The van der Waals surface area contributed by atoms with E-state index in [1.54, 1.807) is 0 Å². The maximum atomic E-state index is 9.53. The second-order valence-corrected chi connectivity index (χ2v) is 6.50. The number of rotatable bonds is 10. The predicted molar refractivity (Wildman–Crippen MR) is 77.3 cm³/mol. The average Bonchev–Trinajstić information content (AvgIpc) is 2.23. The van der Waals surface area contributed by atoms with Crippen LogP contribution in [-0.2, 0) is 9.47 Å². The summed E-state index contributed by atoms with van der Waals surface area (Å²) in [6.45, 7) is 12.4. The van der Waals surface area contributed by atoms with Crippen molar-refractivity contribution in [1.82, 2.24) is 0 Å². The first-order valence-corrected chi connectivity index (χ1v) is 7.22. The van der Waals surface area contributed by atoms with Crippen molar-refractivity contribution in [2.75, 3.05) is 13.2 Å². The highest BCUT2D eigenvalue weighted by molar-refractivity contribution is 4.77. The van der Waals surface area contributed by atoms with Crippen LogP contribution in [0.5, 0.6) is 0 Å². The lowest BCUT2D eigenvalue weighted by molar-refractivity contribution is -0.123. The van der Waals surface area contributed by atoms with Gasteiger partial charge in [-0.05, 0) is 47.5 Å². The van der Waals surface area contributed by atoms with Gasteiger partial charge in [0.05, 0.1) is 30.0 Å². The van der Waals surface area contributed by atoms with Crippen LogP contribution in [0.1, 0.15) is 60.8 Å². The molecule has 4 heteroatoms. The number of hydrogen-bond acceptors (Lipinski definition) is 4. The van der Waals surface area contributed by atoms with Crippen molar-refractivity contribution < 1.29 is 19.7 Å². The molecule has 0 aliphatic heterocycles. The van der Waals surface area contributed by atoms with Crippen molar-refractivity contribution in [3.05, 3.63) is 0 Å². The first kappa shape index (κ1) is 18.8. The van der Waals surface area contributed by atoms with Gasteiger partial charge in [0.2, 0.25) is 0 Å². The zero-order valence-electron chi connectivity index (χ0n) is 13.4. The quantitative estimate of drug-likeness (QED) is 0.643. The van der Waals surface area contributed by atoms with Crippen molar-refractivity contribution in [3.63, 3.8) is 0 Å². The first-order chi connectivity index (χ1) is 8.62. The summed E-state index contributed by atoms with van der Waals surface area (Å²) >= 11 is 0. The monoisotopic (exact) mass is 276 g/mol. The van der Waals surface area contributed by atoms with E-state index in [9.17, 15) is 5.11 Å². The molecule has 0 heterocycles. The normalized spacial score (nSPS) is 16.4. The number of aliphatic hydroxyl groups excluding tert-OH is 2. The molecule has 0 saturated heterocycles. The molecule has 0 bridgehead atoms.